The number of anilines is 1. The van der Waals surface area contributed by atoms with Crippen molar-refractivity contribution in [1.82, 2.24) is 10.4 Å². The third-order valence-corrected chi connectivity index (χ3v) is 5.94. The standard InChI is InChI=1S/C15H10Cl3N3OS2/c16-8-1-3-9(4-2-8)23-7-12(22)20-21-15-19-13-10(17)5-6-11(18)14(13)24-15/h1-6H,7H2,(H,19,21)(H,20,22). The molecule has 24 heavy (non-hydrogen) atoms. The Balaban J connectivity index is 1.57. The van der Waals surface area contributed by atoms with E-state index >= 15 is 0 Å². The van der Waals surface area contributed by atoms with Gasteiger partial charge in [0.15, 0.2) is 0 Å². The number of thioether (sulfide) groups is 1. The van der Waals surface area contributed by atoms with Crippen LogP contribution in [0.1, 0.15) is 0 Å². The maximum Gasteiger partial charge on any atom is 0.248 e. The molecule has 2 N–H and O–H groups in total. The second kappa shape index (κ2) is 7.80. The zero-order valence-corrected chi connectivity index (χ0v) is 15.9. The van der Waals surface area contributed by atoms with Gasteiger partial charge in [0, 0.05) is 9.92 Å². The molecule has 1 amide bonds. The topological polar surface area (TPSA) is 54.0 Å². The monoisotopic (exact) mass is 417 g/mol. The van der Waals surface area contributed by atoms with Crippen molar-refractivity contribution in [3.63, 3.8) is 0 Å². The van der Waals surface area contributed by atoms with Gasteiger partial charge in [-0.3, -0.25) is 15.6 Å². The van der Waals surface area contributed by atoms with Crippen molar-refractivity contribution in [2.45, 2.75) is 4.90 Å². The van der Waals surface area contributed by atoms with Gasteiger partial charge in [-0.2, -0.15) is 0 Å². The zero-order valence-electron chi connectivity index (χ0n) is 12.0. The summed E-state index contributed by atoms with van der Waals surface area (Å²) in [4.78, 5) is 17.2. The van der Waals surface area contributed by atoms with E-state index in [1.54, 1.807) is 24.3 Å². The average Bonchev–Trinajstić information content (AvgIpc) is 3.01. The number of carbonyl (C=O) groups is 1. The van der Waals surface area contributed by atoms with Crippen LogP contribution in [0.25, 0.3) is 10.2 Å². The number of hydrogen-bond acceptors (Lipinski definition) is 5. The minimum Gasteiger partial charge on any atom is -0.273 e. The van der Waals surface area contributed by atoms with E-state index in [9.17, 15) is 4.79 Å². The van der Waals surface area contributed by atoms with Gasteiger partial charge in [-0.05, 0) is 36.4 Å². The second-order valence-electron chi connectivity index (χ2n) is 4.64. The van der Waals surface area contributed by atoms with Crippen molar-refractivity contribution in [2.24, 2.45) is 0 Å². The predicted octanol–water partition coefficient (Wildman–Crippen LogP) is 5.49. The molecule has 1 heterocycles. The van der Waals surface area contributed by atoms with Gasteiger partial charge in [0.25, 0.3) is 0 Å². The van der Waals surface area contributed by atoms with Crippen molar-refractivity contribution in [1.29, 1.82) is 0 Å². The lowest BCUT2D eigenvalue weighted by molar-refractivity contribution is -0.118. The molecule has 0 radical (unpaired) electrons. The average molecular weight is 419 g/mol. The highest BCUT2D eigenvalue weighted by molar-refractivity contribution is 8.00. The van der Waals surface area contributed by atoms with Gasteiger partial charge in [-0.1, -0.05) is 46.1 Å². The van der Waals surface area contributed by atoms with Gasteiger partial charge in [0.05, 0.1) is 20.5 Å². The Morgan fingerprint density at radius 2 is 1.79 bits per heavy atom. The molecule has 0 aliphatic carbocycles. The molecule has 0 unspecified atom stereocenters. The molecule has 9 heteroatoms. The Kier molecular flexibility index (Phi) is 5.73. The fourth-order valence-electron chi connectivity index (χ4n) is 1.84. The molecule has 124 valence electrons. The fraction of sp³-hybridized carbons (Fsp3) is 0.0667. The van der Waals surface area contributed by atoms with Crippen LogP contribution in [0.15, 0.2) is 41.3 Å². The predicted molar refractivity (Wildman–Crippen MR) is 104 cm³/mol. The SMILES string of the molecule is O=C(CSc1ccc(Cl)cc1)NNc1nc2c(Cl)ccc(Cl)c2s1. The summed E-state index contributed by atoms with van der Waals surface area (Å²) < 4.78 is 0.774. The van der Waals surface area contributed by atoms with Crippen molar-refractivity contribution in [2.75, 3.05) is 11.2 Å². The van der Waals surface area contributed by atoms with E-state index in [-0.39, 0.29) is 11.7 Å². The number of aromatic nitrogens is 1. The molecule has 3 rings (SSSR count). The van der Waals surface area contributed by atoms with Crippen LogP contribution in [0.3, 0.4) is 0 Å². The molecular weight excluding hydrogens is 409 g/mol. The summed E-state index contributed by atoms with van der Waals surface area (Å²) in [7, 11) is 0. The summed E-state index contributed by atoms with van der Waals surface area (Å²) in [5.74, 6) is 0.0903. The lowest BCUT2D eigenvalue weighted by Crippen LogP contribution is -2.30. The smallest absolute Gasteiger partial charge is 0.248 e. The van der Waals surface area contributed by atoms with E-state index in [0.717, 1.165) is 9.60 Å². The van der Waals surface area contributed by atoms with E-state index in [2.05, 4.69) is 15.8 Å². The van der Waals surface area contributed by atoms with Gasteiger partial charge < -0.3 is 0 Å². The normalized spacial score (nSPS) is 10.8. The Hall–Kier alpha value is -1.18. The van der Waals surface area contributed by atoms with E-state index < -0.39 is 0 Å². The molecular formula is C15H10Cl3N3OS2. The number of thiazole rings is 1. The first kappa shape index (κ1) is 17.6. The molecule has 0 bridgehead atoms. The maximum atomic E-state index is 11.9. The van der Waals surface area contributed by atoms with Gasteiger partial charge in [-0.25, -0.2) is 4.98 Å². The highest BCUT2D eigenvalue weighted by Crippen LogP contribution is 2.35. The molecule has 0 spiro atoms. The highest BCUT2D eigenvalue weighted by atomic mass is 35.5. The van der Waals surface area contributed by atoms with Crippen LogP contribution >= 0.6 is 57.9 Å². The third kappa shape index (κ3) is 4.26. The number of rotatable bonds is 5. The molecule has 0 atom stereocenters. The van der Waals surface area contributed by atoms with E-state index in [0.29, 0.717) is 25.7 Å². The zero-order chi connectivity index (χ0) is 17.1. The van der Waals surface area contributed by atoms with E-state index in [1.165, 1.54) is 23.1 Å². The Morgan fingerprint density at radius 1 is 1.08 bits per heavy atom. The van der Waals surface area contributed by atoms with Crippen LogP contribution in [-0.4, -0.2) is 16.6 Å². The summed E-state index contributed by atoms with van der Waals surface area (Å²) in [5.41, 5.74) is 6.01. The molecule has 4 nitrogen and oxygen atoms in total. The van der Waals surface area contributed by atoms with Crippen molar-refractivity contribution >= 4 is 79.2 Å². The second-order valence-corrected chi connectivity index (χ2v) is 7.94. The van der Waals surface area contributed by atoms with Crippen molar-refractivity contribution < 1.29 is 4.79 Å². The quantitative estimate of drug-likeness (QED) is 0.425. The van der Waals surface area contributed by atoms with Gasteiger partial charge in [0.2, 0.25) is 11.0 Å². The first-order valence-corrected chi connectivity index (χ1v) is 9.64. The number of carbonyl (C=O) groups excluding carboxylic acids is 1. The largest absolute Gasteiger partial charge is 0.273 e. The number of hydrogen-bond donors (Lipinski definition) is 2. The summed E-state index contributed by atoms with van der Waals surface area (Å²) in [6.45, 7) is 0. The molecule has 0 aliphatic heterocycles. The Labute approximate surface area is 161 Å². The fourth-order valence-corrected chi connectivity index (χ4v) is 4.04. The van der Waals surface area contributed by atoms with Crippen molar-refractivity contribution in [3.8, 4) is 0 Å². The van der Waals surface area contributed by atoms with Crippen LogP contribution in [-0.2, 0) is 4.79 Å². The summed E-state index contributed by atoms with van der Waals surface area (Å²) in [6, 6.07) is 10.7. The lowest BCUT2D eigenvalue weighted by atomic mass is 10.3. The minimum absolute atomic E-state index is 0.175. The maximum absolute atomic E-state index is 11.9. The van der Waals surface area contributed by atoms with Gasteiger partial charge >= 0.3 is 0 Å². The first-order chi connectivity index (χ1) is 11.5. The molecule has 0 aliphatic rings. The highest BCUT2D eigenvalue weighted by Gasteiger charge is 2.11. The number of amides is 1. The Morgan fingerprint density at radius 3 is 2.50 bits per heavy atom. The molecule has 2 aromatic carbocycles. The van der Waals surface area contributed by atoms with Crippen LogP contribution in [0.2, 0.25) is 15.1 Å². The number of hydrazine groups is 1. The number of nitrogens with one attached hydrogen (secondary N) is 2. The number of benzene rings is 2. The third-order valence-electron chi connectivity index (χ3n) is 2.94. The van der Waals surface area contributed by atoms with Crippen LogP contribution in [0.5, 0.6) is 0 Å². The molecule has 0 saturated carbocycles. The minimum atomic E-state index is -0.175. The number of fused-ring (bicyclic) bond motifs is 1. The van der Waals surface area contributed by atoms with Gasteiger partial charge in [-0.15, -0.1) is 11.8 Å². The lowest BCUT2D eigenvalue weighted by Gasteiger charge is -2.05. The first-order valence-electron chi connectivity index (χ1n) is 6.70. The summed E-state index contributed by atoms with van der Waals surface area (Å²) in [5, 5.41) is 2.27. The van der Waals surface area contributed by atoms with Crippen LogP contribution < -0.4 is 10.9 Å². The molecule has 0 saturated heterocycles. The van der Waals surface area contributed by atoms with Gasteiger partial charge in [0.1, 0.15) is 5.52 Å². The number of halogens is 3. The molecule has 0 fully saturated rings. The Bertz CT molecular complexity index is 845. The summed E-state index contributed by atoms with van der Waals surface area (Å²) in [6.07, 6.45) is 0. The van der Waals surface area contributed by atoms with E-state index in [4.69, 9.17) is 34.8 Å². The van der Waals surface area contributed by atoms with E-state index in [1.807, 2.05) is 12.1 Å². The van der Waals surface area contributed by atoms with Crippen molar-refractivity contribution in [3.05, 3.63) is 51.5 Å². The molecule has 3 aromatic rings. The van der Waals surface area contributed by atoms with Crippen LogP contribution in [0.4, 0.5) is 5.13 Å². The number of nitrogens with zero attached hydrogens (tertiary/aromatic N) is 1. The molecule has 1 aromatic heterocycles. The summed E-state index contributed by atoms with van der Waals surface area (Å²) >= 11 is 20.8. The van der Waals surface area contributed by atoms with Crippen LogP contribution in [0, 0.1) is 0 Å².